The van der Waals surface area contributed by atoms with Gasteiger partial charge in [-0.25, -0.2) is 9.59 Å². The molecule has 7 aliphatic rings. The number of carbonyl (C=O) groups is 2. The number of hydrogen-bond donors (Lipinski definition) is 2. The average molecular weight is 503 g/mol. The highest BCUT2D eigenvalue weighted by molar-refractivity contribution is 5.92. The zero-order valence-electron chi connectivity index (χ0n) is 20.1. The number of nitrogens with one attached hydrogen (secondary N) is 1. The van der Waals surface area contributed by atoms with Crippen LogP contribution < -0.4 is 5.32 Å². The molecule has 0 radical (unpaired) electrons. The van der Waals surface area contributed by atoms with Gasteiger partial charge in [0, 0.05) is 29.0 Å². The third kappa shape index (κ3) is 2.61. The van der Waals surface area contributed by atoms with E-state index in [4.69, 9.17) is 29.2 Å². The van der Waals surface area contributed by atoms with Crippen LogP contribution in [-0.2, 0) is 28.5 Å². The molecule has 0 bridgehead atoms. The topological polar surface area (TPSA) is 171 Å². The summed E-state index contributed by atoms with van der Waals surface area (Å²) in [5.41, 5.74) is 7.76. The number of carbonyl (C=O) groups excluding carboxylic acids is 2. The molecule has 12 heteroatoms. The Labute approximate surface area is 207 Å². The minimum absolute atomic E-state index is 0.135. The van der Waals surface area contributed by atoms with Crippen molar-refractivity contribution in [3.8, 4) is 0 Å². The molecule has 1 amide bonds. The summed E-state index contributed by atoms with van der Waals surface area (Å²) in [7, 11) is 0. The van der Waals surface area contributed by atoms with E-state index in [0.717, 1.165) is 24.0 Å². The standard InChI is InChI=1S/C24H30N4O8/c1-21-6-4-12-13(11-33-18(12)29)14(21)10-15-23(34-15)19(30)22(16(35-22)17-24(21,23)36-17)5-2-9-32-20(31)26-7-3-8-27-28-25/h14-17,19,30H,2-11H2,1H3,(H,26,31)/t14-,15-,16-,17-,19+,21-,22-,23+,24+/m0/s1. The Bertz CT molecular complexity index is 1120. The van der Waals surface area contributed by atoms with Crippen molar-refractivity contribution in [1.82, 2.24) is 5.32 Å². The molecule has 36 heavy (non-hydrogen) atoms. The van der Waals surface area contributed by atoms with E-state index in [1.54, 1.807) is 0 Å². The van der Waals surface area contributed by atoms with Gasteiger partial charge in [-0.3, -0.25) is 0 Å². The Kier molecular flexibility index (Phi) is 4.66. The van der Waals surface area contributed by atoms with Gasteiger partial charge in [-0.1, -0.05) is 12.0 Å². The lowest BCUT2D eigenvalue weighted by molar-refractivity contribution is -0.136. The van der Waals surface area contributed by atoms with E-state index in [9.17, 15) is 14.7 Å². The molecule has 5 fully saturated rings. The normalized spacial score (nSPS) is 48.1. The third-order valence-electron chi connectivity index (χ3n) is 10.00. The van der Waals surface area contributed by atoms with Crippen molar-refractivity contribution in [3.63, 3.8) is 0 Å². The average Bonchev–Trinajstić information content (AvgIpc) is 3.77. The van der Waals surface area contributed by atoms with Gasteiger partial charge in [-0.05, 0) is 55.5 Å². The Morgan fingerprint density at radius 1 is 1.31 bits per heavy atom. The third-order valence-corrected chi connectivity index (χ3v) is 10.00. The second kappa shape index (κ2) is 7.35. The molecule has 2 N–H and O–H groups in total. The molecule has 194 valence electrons. The maximum Gasteiger partial charge on any atom is 0.407 e. The number of epoxide rings is 3. The molecular formula is C24H30N4O8. The highest BCUT2D eigenvalue weighted by Crippen LogP contribution is 2.82. The summed E-state index contributed by atoms with van der Waals surface area (Å²) in [5, 5.41) is 17.7. The zero-order chi connectivity index (χ0) is 24.9. The first-order valence-corrected chi connectivity index (χ1v) is 12.9. The van der Waals surface area contributed by atoms with Gasteiger partial charge in [-0.2, -0.15) is 0 Å². The molecule has 3 saturated heterocycles. The Balaban J connectivity index is 1.01. The second-order valence-corrected chi connectivity index (χ2v) is 11.3. The van der Waals surface area contributed by atoms with Gasteiger partial charge in [-0.15, -0.1) is 0 Å². The van der Waals surface area contributed by atoms with Gasteiger partial charge >= 0.3 is 12.1 Å². The molecule has 3 aliphatic carbocycles. The number of ether oxygens (including phenoxy) is 5. The number of nitrogens with zero attached hydrogens (tertiary/aromatic N) is 3. The fourth-order valence-electron chi connectivity index (χ4n) is 8.27. The van der Waals surface area contributed by atoms with E-state index >= 15 is 0 Å². The maximum atomic E-state index is 12.2. The van der Waals surface area contributed by atoms with Crippen LogP contribution in [-0.4, -0.2) is 84.7 Å². The van der Waals surface area contributed by atoms with Crippen LogP contribution >= 0.6 is 0 Å². The largest absolute Gasteiger partial charge is 0.458 e. The van der Waals surface area contributed by atoms with E-state index < -0.39 is 29.0 Å². The zero-order valence-corrected chi connectivity index (χ0v) is 20.1. The summed E-state index contributed by atoms with van der Waals surface area (Å²) in [6, 6.07) is 0. The van der Waals surface area contributed by atoms with Crippen LogP contribution in [0, 0.1) is 11.3 Å². The van der Waals surface area contributed by atoms with Crippen LogP contribution in [0.5, 0.6) is 0 Å². The minimum Gasteiger partial charge on any atom is -0.458 e. The summed E-state index contributed by atoms with van der Waals surface area (Å²) in [6.45, 7) is 3.46. The number of aliphatic hydroxyl groups excluding tert-OH is 1. The smallest absolute Gasteiger partial charge is 0.407 e. The Hall–Kier alpha value is -2.37. The number of alkyl carbamates (subject to hydrolysis) is 1. The molecule has 2 saturated carbocycles. The lowest BCUT2D eigenvalue weighted by Gasteiger charge is -2.53. The lowest BCUT2D eigenvalue weighted by atomic mass is 9.47. The summed E-state index contributed by atoms with van der Waals surface area (Å²) >= 11 is 0. The van der Waals surface area contributed by atoms with E-state index in [1.165, 1.54) is 0 Å². The number of rotatable bonds is 8. The van der Waals surface area contributed by atoms with Crippen molar-refractivity contribution in [2.45, 2.75) is 86.7 Å². The SMILES string of the molecule is C[C@]12CCC3=C(COC3=O)[C@@H]1C[C@@H]1O[C@@]13[C@H](O)[C@@]1(CCCOC(=O)NCCCN=[N+]=[N-])O[C@H]1[C@@H]1O[C@@]132. The molecule has 4 aliphatic heterocycles. The van der Waals surface area contributed by atoms with Crippen molar-refractivity contribution in [1.29, 1.82) is 0 Å². The predicted octanol–water partition coefficient (Wildman–Crippen LogP) is 1.65. The quantitative estimate of drug-likeness (QED) is 0.126. The van der Waals surface area contributed by atoms with Crippen molar-refractivity contribution < 1.29 is 38.4 Å². The molecule has 7 rings (SSSR count). The van der Waals surface area contributed by atoms with E-state index in [1.807, 2.05) is 0 Å². The van der Waals surface area contributed by atoms with Gasteiger partial charge in [0.1, 0.15) is 36.1 Å². The van der Waals surface area contributed by atoms with Crippen molar-refractivity contribution >= 4 is 12.1 Å². The van der Waals surface area contributed by atoms with Crippen LogP contribution in [0.3, 0.4) is 0 Å². The summed E-state index contributed by atoms with van der Waals surface area (Å²) < 4.78 is 29.7. The first-order chi connectivity index (χ1) is 17.4. The molecule has 2 spiro atoms. The van der Waals surface area contributed by atoms with Crippen molar-refractivity contribution in [2.75, 3.05) is 26.3 Å². The predicted molar refractivity (Wildman–Crippen MR) is 119 cm³/mol. The summed E-state index contributed by atoms with van der Waals surface area (Å²) in [5.74, 6) is -0.0564. The lowest BCUT2D eigenvalue weighted by Crippen LogP contribution is -2.68. The maximum absolute atomic E-state index is 12.2. The van der Waals surface area contributed by atoms with E-state index in [-0.39, 0.29) is 42.2 Å². The van der Waals surface area contributed by atoms with Gasteiger partial charge in [0.05, 0.1) is 12.7 Å². The van der Waals surface area contributed by atoms with E-state index in [0.29, 0.717) is 45.4 Å². The first-order valence-electron chi connectivity index (χ1n) is 12.9. The summed E-state index contributed by atoms with van der Waals surface area (Å²) in [6.07, 6.45) is 1.94. The fourth-order valence-corrected chi connectivity index (χ4v) is 8.27. The number of cyclic esters (lactones) is 1. The van der Waals surface area contributed by atoms with Gasteiger partial charge in [0.2, 0.25) is 0 Å². The number of hydrogen-bond acceptors (Lipinski definition) is 9. The van der Waals surface area contributed by atoms with Crippen LogP contribution in [0.4, 0.5) is 4.79 Å². The molecule has 4 heterocycles. The monoisotopic (exact) mass is 502 g/mol. The van der Waals surface area contributed by atoms with Gasteiger partial charge in [0.15, 0.2) is 5.60 Å². The molecule has 0 aromatic carbocycles. The number of amides is 1. The van der Waals surface area contributed by atoms with E-state index in [2.05, 4.69) is 22.3 Å². The van der Waals surface area contributed by atoms with Crippen molar-refractivity contribution in [2.24, 2.45) is 16.4 Å². The first kappa shape index (κ1) is 22.8. The van der Waals surface area contributed by atoms with Gasteiger partial charge in [0.25, 0.3) is 0 Å². The minimum atomic E-state index is -0.831. The highest BCUT2D eigenvalue weighted by atomic mass is 16.7. The second-order valence-electron chi connectivity index (χ2n) is 11.3. The highest BCUT2D eigenvalue weighted by Gasteiger charge is 3.00. The molecule has 0 aromatic heterocycles. The van der Waals surface area contributed by atoms with Crippen LogP contribution in [0.2, 0.25) is 0 Å². The van der Waals surface area contributed by atoms with Gasteiger partial charge < -0.3 is 34.1 Å². The summed E-state index contributed by atoms with van der Waals surface area (Å²) in [4.78, 5) is 26.7. The van der Waals surface area contributed by atoms with Crippen LogP contribution in [0.1, 0.15) is 45.4 Å². The molecular weight excluding hydrogens is 472 g/mol. The molecule has 9 atom stereocenters. The number of aliphatic hydroxyl groups is 1. The number of esters is 1. The van der Waals surface area contributed by atoms with Crippen LogP contribution in [0.25, 0.3) is 10.4 Å². The fraction of sp³-hybridized carbons (Fsp3) is 0.833. The molecule has 12 nitrogen and oxygen atoms in total. The van der Waals surface area contributed by atoms with Crippen molar-refractivity contribution in [3.05, 3.63) is 21.6 Å². The number of fused-ring (bicyclic) bond motifs is 4. The Morgan fingerprint density at radius 2 is 2.17 bits per heavy atom. The van der Waals surface area contributed by atoms with Crippen LogP contribution in [0.15, 0.2) is 16.3 Å². The molecule has 0 unspecified atom stereocenters. The molecule has 0 aromatic rings. The Morgan fingerprint density at radius 3 is 3.00 bits per heavy atom. The number of azide groups is 1.